The lowest BCUT2D eigenvalue weighted by Gasteiger charge is -2.44. The second kappa shape index (κ2) is 16.9. The summed E-state index contributed by atoms with van der Waals surface area (Å²) in [5.74, 6) is 0.0854. The number of nitrogens with zero attached hydrogens (tertiary/aromatic N) is 2. The summed E-state index contributed by atoms with van der Waals surface area (Å²) in [6, 6.07) is 24.7. The molecule has 3 aromatic rings. The molecule has 5 atom stereocenters. The Morgan fingerprint density at radius 1 is 0.956 bits per heavy atom. The maximum atomic E-state index is 14.0. The van der Waals surface area contributed by atoms with Crippen LogP contribution >= 0.6 is 0 Å². The number of carbonyl (C=O) groups is 2. The second-order valence-corrected chi connectivity index (χ2v) is 12.3. The summed E-state index contributed by atoms with van der Waals surface area (Å²) in [4.78, 5) is 34.2. The van der Waals surface area contributed by atoms with Crippen LogP contribution in [0.1, 0.15) is 86.6 Å². The molecular formula is C38H50N2O5. The van der Waals surface area contributed by atoms with Gasteiger partial charge in [-0.15, -0.1) is 0 Å². The minimum absolute atomic E-state index is 0. The zero-order valence-electron chi connectivity index (χ0n) is 26.8. The van der Waals surface area contributed by atoms with E-state index in [-0.39, 0.29) is 43.3 Å². The van der Waals surface area contributed by atoms with Crippen LogP contribution in [-0.4, -0.2) is 48.9 Å². The largest absolute Gasteiger partial charge is 0.467 e. The van der Waals surface area contributed by atoms with Crippen LogP contribution in [-0.2, 0) is 25.7 Å². The van der Waals surface area contributed by atoms with Crippen LogP contribution in [0.3, 0.4) is 0 Å². The van der Waals surface area contributed by atoms with Gasteiger partial charge in [0.1, 0.15) is 12.6 Å². The van der Waals surface area contributed by atoms with Crippen LogP contribution in [0.5, 0.6) is 0 Å². The number of hydrogen-bond acceptors (Lipinski definition) is 6. The van der Waals surface area contributed by atoms with Crippen molar-refractivity contribution in [3.8, 4) is 0 Å². The minimum Gasteiger partial charge on any atom is -0.467 e. The van der Waals surface area contributed by atoms with Gasteiger partial charge in [0, 0.05) is 11.5 Å². The normalized spacial score (nSPS) is 19.5. The van der Waals surface area contributed by atoms with Crippen LogP contribution in [0.4, 0.5) is 0 Å². The molecule has 0 bridgehead atoms. The van der Waals surface area contributed by atoms with Crippen molar-refractivity contribution in [3.63, 3.8) is 0 Å². The molecule has 1 heterocycles. The molecule has 242 valence electrons. The smallest absolute Gasteiger partial charge is 0.328 e. The lowest BCUT2D eigenvalue weighted by Crippen LogP contribution is -2.52. The predicted molar refractivity (Wildman–Crippen MR) is 180 cm³/mol. The summed E-state index contributed by atoms with van der Waals surface area (Å²) in [5.41, 5.74) is 4.62. The van der Waals surface area contributed by atoms with Gasteiger partial charge in [-0.1, -0.05) is 113 Å². The van der Waals surface area contributed by atoms with E-state index in [1.807, 2.05) is 49.4 Å². The Morgan fingerprint density at radius 2 is 1.62 bits per heavy atom. The molecule has 7 heteroatoms. The van der Waals surface area contributed by atoms with Crippen molar-refractivity contribution in [2.24, 2.45) is 22.9 Å². The number of aryl methyl sites for hydroxylation is 1. The molecule has 0 radical (unpaired) electrons. The highest BCUT2D eigenvalue weighted by atomic mass is 16.6. The number of carbonyl (C=O) groups excluding carboxylic acids is 2. The van der Waals surface area contributed by atoms with Crippen LogP contribution in [0.25, 0.3) is 0 Å². The first kappa shape index (κ1) is 35.5. The Balaban J connectivity index is 0.00000552. The van der Waals surface area contributed by atoms with Crippen molar-refractivity contribution in [3.05, 3.63) is 107 Å². The van der Waals surface area contributed by atoms with Gasteiger partial charge in [-0.2, -0.15) is 0 Å². The molecule has 0 N–H and O–H groups in total. The lowest BCUT2D eigenvalue weighted by atomic mass is 9.82. The lowest BCUT2D eigenvalue weighted by molar-refractivity contribution is -0.149. The minimum atomic E-state index is -0.641. The van der Waals surface area contributed by atoms with Gasteiger partial charge in [-0.3, -0.25) is 4.79 Å². The van der Waals surface area contributed by atoms with Crippen LogP contribution in [0.2, 0.25) is 0 Å². The van der Waals surface area contributed by atoms with E-state index in [1.54, 1.807) is 23.2 Å². The van der Waals surface area contributed by atoms with E-state index < -0.39 is 6.04 Å². The Morgan fingerprint density at radius 3 is 2.24 bits per heavy atom. The van der Waals surface area contributed by atoms with E-state index in [0.717, 1.165) is 28.7 Å². The molecular weight excluding hydrogens is 564 g/mol. The van der Waals surface area contributed by atoms with Gasteiger partial charge in [-0.25, -0.2) is 4.79 Å². The van der Waals surface area contributed by atoms with Crippen molar-refractivity contribution in [2.75, 3.05) is 13.7 Å². The zero-order chi connectivity index (χ0) is 31.6. The van der Waals surface area contributed by atoms with Crippen LogP contribution < -0.4 is 0 Å². The number of hydrogen-bond donors (Lipinski definition) is 0. The number of esters is 1. The number of amides is 1. The van der Waals surface area contributed by atoms with E-state index in [9.17, 15) is 9.59 Å². The maximum Gasteiger partial charge on any atom is 0.328 e. The quantitative estimate of drug-likeness (QED) is 0.117. The molecule has 45 heavy (non-hydrogen) atoms. The summed E-state index contributed by atoms with van der Waals surface area (Å²) >= 11 is 0. The first-order valence-corrected chi connectivity index (χ1v) is 15.6. The molecule has 7 nitrogen and oxygen atoms in total. The number of piperidine rings is 1. The van der Waals surface area contributed by atoms with E-state index >= 15 is 0 Å². The van der Waals surface area contributed by atoms with Gasteiger partial charge in [0.05, 0.1) is 32.1 Å². The van der Waals surface area contributed by atoms with Crippen molar-refractivity contribution in [1.82, 2.24) is 4.90 Å². The van der Waals surface area contributed by atoms with Gasteiger partial charge in [0.2, 0.25) is 0 Å². The molecule has 0 unspecified atom stereocenters. The number of likely N-dealkylation sites (tertiary alicyclic amines) is 1. The molecule has 1 aliphatic heterocycles. The van der Waals surface area contributed by atoms with E-state index in [1.165, 1.54) is 7.11 Å². The molecule has 4 rings (SSSR count). The third-order valence-corrected chi connectivity index (χ3v) is 8.47. The first-order valence-electron chi connectivity index (χ1n) is 15.6. The highest BCUT2D eigenvalue weighted by molar-refractivity contribution is 5.98. The first-order chi connectivity index (χ1) is 21.2. The Kier molecular flexibility index (Phi) is 13.4. The van der Waals surface area contributed by atoms with E-state index in [0.29, 0.717) is 31.1 Å². The van der Waals surface area contributed by atoms with E-state index in [2.05, 4.69) is 57.1 Å². The summed E-state index contributed by atoms with van der Waals surface area (Å²) in [6.45, 7) is 11.6. The van der Waals surface area contributed by atoms with Crippen molar-refractivity contribution >= 4 is 18.1 Å². The monoisotopic (exact) mass is 614 g/mol. The molecule has 0 saturated carbocycles. The predicted octanol–water partition coefficient (Wildman–Crippen LogP) is 8.01. The molecule has 1 amide bonds. The van der Waals surface area contributed by atoms with Gasteiger partial charge in [0.15, 0.2) is 0 Å². The SMILES string of the molecule is C.COC(=O)[C@@H]1CC[C@H](C)[C@@H](c2ccc(C)cc2)N1C(=O)c1ccc(/C=N/OC[C@@H](C)[C@H](OCc2ccccc2)C(C)C)cc1. The fraction of sp³-hybridized carbons (Fsp3) is 0.447. The average Bonchev–Trinajstić information content (AvgIpc) is 3.03. The second-order valence-electron chi connectivity index (χ2n) is 12.3. The Bertz CT molecular complexity index is 1370. The number of benzene rings is 3. The topological polar surface area (TPSA) is 77.4 Å². The van der Waals surface area contributed by atoms with Gasteiger partial charge in [-0.05, 0) is 60.4 Å². The van der Waals surface area contributed by atoms with Crippen LogP contribution in [0.15, 0.2) is 84.0 Å². The fourth-order valence-corrected chi connectivity index (χ4v) is 6.07. The number of oxime groups is 1. The average molecular weight is 615 g/mol. The molecule has 0 aromatic heterocycles. The maximum absolute atomic E-state index is 14.0. The summed E-state index contributed by atoms with van der Waals surface area (Å²) in [7, 11) is 1.38. The van der Waals surface area contributed by atoms with Crippen molar-refractivity contribution in [2.45, 2.75) is 79.7 Å². The molecule has 0 spiro atoms. The van der Waals surface area contributed by atoms with Crippen molar-refractivity contribution < 1.29 is 23.9 Å². The highest BCUT2D eigenvalue weighted by Gasteiger charge is 2.43. The van der Waals surface area contributed by atoms with E-state index in [4.69, 9.17) is 14.3 Å². The fourth-order valence-electron chi connectivity index (χ4n) is 6.07. The Labute approximate surface area is 269 Å². The van der Waals surface area contributed by atoms with Gasteiger partial charge < -0.3 is 19.2 Å². The summed E-state index contributed by atoms with van der Waals surface area (Å²) in [6.07, 6.45) is 3.07. The number of ether oxygens (including phenoxy) is 2. The molecule has 0 aliphatic carbocycles. The molecule has 1 fully saturated rings. The molecule has 1 saturated heterocycles. The third-order valence-electron chi connectivity index (χ3n) is 8.47. The van der Waals surface area contributed by atoms with Crippen molar-refractivity contribution in [1.29, 1.82) is 0 Å². The third kappa shape index (κ3) is 9.27. The zero-order valence-corrected chi connectivity index (χ0v) is 26.8. The van der Waals surface area contributed by atoms with Crippen LogP contribution in [0, 0.1) is 24.7 Å². The Hall–Kier alpha value is -3.97. The molecule has 3 aromatic carbocycles. The van der Waals surface area contributed by atoms with Gasteiger partial charge in [0.25, 0.3) is 5.91 Å². The number of methoxy groups -OCH3 is 1. The highest BCUT2D eigenvalue weighted by Crippen LogP contribution is 2.40. The summed E-state index contributed by atoms with van der Waals surface area (Å²) < 4.78 is 11.4. The van der Waals surface area contributed by atoms with Gasteiger partial charge >= 0.3 is 5.97 Å². The molecule has 1 aliphatic rings. The number of rotatable bonds is 12. The standard InChI is InChI=1S/C37H46N2O5.CH4/c1-25(2)35(43-24-30-10-8-7-9-11-30)28(5)23-44-38-22-29-15-19-32(20-16-29)36(40)39-33(37(41)42-6)21-14-27(4)34(39)31-17-12-26(3)13-18-31;/h7-13,15-20,22,25,27-28,33-35H,14,21,23-24H2,1-6H3;1H4/b38-22+;/t27-,28+,33-,34-,35+;/m0./s1. The summed E-state index contributed by atoms with van der Waals surface area (Å²) in [5, 5.41) is 4.18.